The van der Waals surface area contributed by atoms with Gasteiger partial charge >= 0.3 is 0 Å². The number of fused-ring (bicyclic) bond motifs is 1. The van der Waals surface area contributed by atoms with Crippen molar-refractivity contribution < 1.29 is 26.8 Å². The molecule has 0 saturated heterocycles. The van der Waals surface area contributed by atoms with E-state index >= 15 is 0 Å². The Balaban J connectivity index is 2.06. The topological polar surface area (TPSA) is 102 Å². The van der Waals surface area contributed by atoms with Gasteiger partial charge in [0.2, 0.25) is 0 Å². The summed E-state index contributed by atoms with van der Waals surface area (Å²) in [5.41, 5.74) is 3.56. The van der Waals surface area contributed by atoms with Crippen molar-refractivity contribution in [1.82, 2.24) is 14.8 Å². The molecule has 0 fully saturated rings. The minimum absolute atomic E-state index is 0.112. The highest BCUT2D eigenvalue weighted by Gasteiger charge is 2.25. The van der Waals surface area contributed by atoms with Crippen LogP contribution in [0.2, 0.25) is 25.7 Å². The Labute approximate surface area is 208 Å². The molecule has 192 valence electrons. The van der Waals surface area contributed by atoms with Gasteiger partial charge in [-0.25, -0.2) is 0 Å². The number of methoxy groups -OCH3 is 1. The fourth-order valence-corrected chi connectivity index (χ4v) is 5.24. The zero-order valence-electron chi connectivity index (χ0n) is 21.5. The number of ether oxygens (including phenoxy) is 3. The molecule has 2 heterocycles. The largest absolute Gasteiger partial charge is 0.467 e. The summed E-state index contributed by atoms with van der Waals surface area (Å²) in [5.74, 6) is 0.628. The molecular formula is C24H35N3O6SSi. The average molecular weight is 522 g/mol. The van der Waals surface area contributed by atoms with E-state index in [2.05, 4.69) is 29.8 Å². The maximum atomic E-state index is 11.9. The van der Waals surface area contributed by atoms with E-state index in [0.29, 0.717) is 29.4 Å². The molecule has 0 bridgehead atoms. The van der Waals surface area contributed by atoms with E-state index in [0.717, 1.165) is 28.8 Å². The third-order valence-corrected chi connectivity index (χ3v) is 7.87. The normalized spacial score (nSPS) is 13.3. The van der Waals surface area contributed by atoms with Crippen LogP contribution in [0, 0.1) is 6.92 Å². The summed E-state index contributed by atoms with van der Waals surface area (Å²) in [4.78, 5) is 0. The lowest BCUT2D eigenvalue weighted by Gasteiger charge is -2.18. The fraction of sp³-hybridized carbons (Fsp3) is 0.500. The Morgan fingerprint density at radius 3 is 2.51 bits per heavy atom. The van der Waals surface area contributed by atoms with E-state index in [4.69, 9.17) is 18.4 Å². The number of aryl methyl sites for hydroxylation is 1. The van der Waals surface area contributed by atoms with Crippen molar-refractivity contribution in [2.24, 2.45) is 0 Å². The molecule has 2 aromatic heterocycles. The first-order valence-corrected chi connectivity index (χ1v) is 17.0. The zero-order valence-corrected chi connectivity index (χ0v) is 23.3. The molecule has 0 amide bonds. The summed E-state index contributed by atoms with van der Waals surface area (Å²) in [6.45, 7) is 11.5. The highest BCUT2D eigenvalue weighted by atomic mass is 32.2. The minimum atomic E-state index is -3.67. The van der Waals surface area contributed by atoms with Gasteiger partial charge in [0.25, 0.3) is 10.1 Å². The van der Waals surface area contributed by atoms with Crippen molar-refractivity contribution in [3.05, 3.63) is 41.6 Å². The smallest absolute Gasteiger partial charge is 0.265 e. The summed E-state index contributed by atoms with van der Waals surface area (Å²) in [7, 11) is -3.36. The Hall–Kier alpha value is -2.31. The van der Waals surface area contributed by atoms with Crippen LogP contribution in [0.15, 0.2) is 30.3 Å². The molecule has 1 aromatic carbocycles. The van der Waals surface area contributed by atoms with E-state index in [1.54, 1.807) is 14.0 Å². The molecular weight excluding hydrogens is 486 g/mol. The number of para-hydroxylation sites is 1. The second-order valence-electron chi connectivity index (χ2n) is 9.74. The molecule has 0 radical (unpaired) electrons. The number of aromatic nitrogens is 3. The summed E-state index contributed by atoms with van der Waals surface area (Å²) in [5, 5.41) is 9.82. The standard InChI is InChI=1S/C24H35N3O6SSi/c1-17-20-14-21(19-10-8-9-11-22(19)32-16-30-3)25-26-24(20)27(15-31-12-13-35(5,6)7)23(17)18(2)33-34(4,28)29/h8-11,14,18H,12-13,15-16H2,1-7H3. The first-order chi connectivity index (χ1) is 16.4. The highest BCUT2D eigenvalue weighted by Crippen LogP contribution is 2.35. The number of benzene rings is 1. The third kappa shape index (κ3) is 7.11. The van der Waals surface area contributed by atoms with E-state index < -0.39 is 24.3 Å². The van der Waals surface area contributed by atoms with Crippen LogP contribution in [0.5, 0.6) is 5.75 Å². The van der Waals surface area contributed by atoms with Crippen molar-refractivity contribution in [2.75, 3.05) is 26.8 Å². The van der Waals surface area contributed by atoms with Crippen LogP contribution >= 0.6 is 0 Å². The molecule has 35 heavy (non-hydrogen) atoms. The second kappa shape index (κ2) is 11.2. The molecule has 3 aromatic rings. The lowest BCUT2D eigenvalue weighted by atomic mass is 10.1. The highest BCUT2D eigenvalue weighted by molar-refractivity contribution is 7.86. The molecule has 1 atom stereocenters. The van der Waals surface area contributed by atoms with Gasteiger partial charge in [-0.1, -0.05) is 31.8 Å². The molecule has 3 rings (SSSR count). The van der Waals surface area contributed by atoms with E-state index in [9.17, 15) is 8.42 Å². The van der Waals surface area contributed by atoms with Crippen LogP contribution in [-0.2, 0) is 30.5 Å². The number of nitrogens with zero attached hydrogens (tertiary/aromatic N) is 3. The Bertz CT molecular complexity index is 1270. The number of hydrogen-bond acceptors (Lipinski definition) is 8. The molecule has 0 spiro atoms. The van der Waals surface area contributed by atoms with Crippen molar-refractivity contribution in [3.63, 3.8) is 0 Å². The van der Waals surface area contributed by atoms with Gasteiger partial charge < -0.3 is 18.8 Å². The predicted molar refractivity (Wildman–Crippen MR) is 139 cm³/mol. The number of rotatable bonds is 12. The van der Waals surface area contributed by atoms with Crippen molar-refractivity contribution in [2.45, 2.75) is 52.4 Å². The van der Waals surface area contributed by atoms with Crippen LogP contribution in [0.1, 0.15) is 24.3 Å². The van der Waals surface area contributed by atoms with Gasteiger partial charge in [0, 0.05) is 32.7 Å². The summed E-state index contributed by atoms with van der Waals surface area (Å²) < 4.78 is 47.7. The molecule has 9 nitrogen and oxygen atoms in total. The Morgan fingerprint density at radius 2 is 1.86 bits per heavy atom. The van der Waals surface area contributed by atoms with Gasteiger partial charge in [-0.15, -0.1) is 10.2 Å². The summed E-state index contributed by atoms with van der Waals surface area (Å²) >= 11 is 0. The van der Waals surface area contributed by atoms with Gasteiger partial charge in [0.15, 0.2) is 12.4 Å². The first-order valence-electron chi connectivity index (χ1n) is 11.4. The van der Waals surface area contributed by atoms with Gasteiger partial charge in [0.1, 0.15) is 18.6 Å². The molecule has 1 unspecified atom stereocenters. The lowest BCUT2D eigenvalue weighted by molar-refractivity contribution is 0.0515. The SMILES string of the molecule is COCOc1ccccc1-c1cc2c(C)c(C(C)OS(C)(=O)=O)n(COCC[Si](C)(C)C)c2nn1. The Morgan fingerprint density at radius 1 is 1.14 bits per heavy atom. The quantitative estimate of drug-likeness (QED) is 0.146. The van der Waals surface area contributed by atoms with E-state index in [1.807, 2.05) is 41.8 Å². The third-order valence-electron chi connectivity index (χ3n) is 5.53. The Kier molecular flexibility index (Phi) is 8.70. The van der Waals surface area contributed by atoms with E-state index in [1.165, 1.54) is 0 Å². The molecule has 11 heteroatoms. The monoisotopic (exact) mass is 521 g/mol. The maximum Gasteiger partial charge on any atom is 0.265 e. The average Bonchev–Trinajstić information content (AvgIpc) is 3.05. The minimum Gasteiger partial charge on any atom is -0.467 e. The van der Waals surface area contributed by atoms with E-state index in [-0.39, 0.29) is 13.5 Å². The van der Waals surface area contributed by atoms with Crippen LogP contribution in [0.3, 0.4) is 0 Å². The van der Waals surface area contributed by atoms with Gasteiger partial charge in [-0.3, -0.25) is 4.18 Å². The van der Waals surface area contributed by atoms with Crippen molar-refractivity contribution in [1.29, 1.82) is 0 Å². The molecule has 0 aliphatic heterocycles. The van der Waals surface area contributed by atoms with Crippen molar-refractivity contribution >= 4 is 29.2 Å². The maximum absolute atomic E-state index is 11.9. The first kappa shape index (κ1) is 27.3. The number of hydrogen-bond donors (Lipinski definition) is 0. The predicted octanol–water partition coefficient (Wildman–Crippen LogP) is 4.74. The second-order valence-corrected chi connectivity index (χ2v) is 17.0. The van der Waals surface area contributed by atoms with Crippen LogP contribution < -0.4 is 4.74 Å². The van der Waals surface area contributed by atoms with Crippen LogP contribution in [0.25, 0.3) is 22.3 Å². The van der Waals surface area contributed by atoms with Crippen LogP contribution in [-0.4, -0.2) is 58.0 Å². The molecule has 0 aliphatic carbocycles. The molecule has 0 aliphatic rings. The molecule has 0 N–H and O–H groups in total. The summed E-state index contributed by atoms with van der Waals surface area (Å²) in [6.07, 6.45) is 0.325. The molecule has 0 saturated carbocycles. The zero-order chi connectivity index (χ0) is 25.8. The fourth-order valence-electron chi connectivity index (χ4n) is 3.87. The lowest BCUT2D eigenvalue weighted by Crippen LogP contribution is -2.22. The van der Waals surface area contributed by atoms with Gasteiger partial charge in [0.05, 0.1) is 17.6 Å². The van der Waals surface area contributed by atoms with Gasteiger partial charge in [-0.2, -0.15) is 8.42 Å². The van der Waals surface area contributed by atoms with Gasteiger partial charge in [-0.05, 0) is 43.7 Å². The van der Waals surface area contributed by atoms with Crippen LogP contribution in [0.4, 0.5) is 0 Å². The van der Waals surface area contributed by atoms with Crippen molar-refractivity contribution in [3.8, 4) is 17.0 Å². The summed E-state index contributed by atoms with van der Waals surface area (Å²) in [6, 6.07) is 10.5.